The third kappa shape index (κ3) is 1.75. The molecule has 0 aliphatic heterocycles. The summed E-state index contributed by atoms with van der Waals surface area (Å²) in [7, 11) is 2.02. The maximum Gasteiger partial charge on any atom is 0.0895 e. The number of nitrogens with zero attached hydrogens (tertiary/aromatic N) is 1. The number of rotatable bonds is 2. The second-order valence-electron chi connectivity index (χ2n) is 4.03. The summed E-state index contributed by atoms with van der Waals surface area (Å²) in [6, 6.07) is 6.35. The molecule has 0 atom stereocenters. The zero-order chi connectivity index (χ0) is 11.0. The Kier molecular flexibility index (Phi) is 2.27. The largest absolute Gasteiger partial charge is 0.513 e. The summed E-state index contributed by atoms with van der Waals surface area (Å²) < 4.78 is 2.08. The Hall–Kier alpha value is -1.70. The Morgan fingerprint density at radius 1 is 1.47 bits per heavy atom. The molecule has 0 amide bonds. The highest BCUT2D eigenvalue weighted by molar-refractivity contribution is 5.84. The molecule has 1 aromatic heterocycles. The first-order valence-corrected chi connectivity index (χ1v) is 4.99. The molecule has 0 bridgehead atoms. The smallest absolute Gasteiger partial charge is 0.0895 e. The number of aryl methyl sites for hydroxylation is 2. The van der Waals surface area contributed by atoms with Crippen molar-refractivity contribution in [2.45, 2.75) is 13.3 Å². The molecule has 2 aromatic rings. The second kappa shape index (κ2) is 3.46. The van der Waals surface area contributed by atoms with Crippen LogP contribution in [0.2, 0.25) is 0 Å². The van der Waals surface area contributed by atoms with Crippen molar-refractivity contribution in [1.29, 1.82) is 0 Å². The molecule has 0 aliphatic carbocycles. The molecule has 0 aliphatic rings. The SMILES string of the molecule is C=C(O)Cc1cn(C)c2ccc(C)cc12. The number of aliphatic hydroxyl groups excluding tert-OH is 1. The van der Waals surface area contributed by atoms with Gasteiger partial charge >= 0.3 is 0 Å². The van der Waals surface area contributed by atoms with Gasteiger partial charge in [-0.25, -0.2) is 0 Å². The fourth-order valence-electron chi connectivity index (χ4n) is 1.95. The maximum absolute atomic E-state index is 9.24. The van der Waals surface area contributed by atoms with E-state index >= 15 is 0 Å². The molecule has 0 saturated heterocycles. The number of benzene rings is 1. The number of allylic oxidation sites excluding steroid dienone is 1. The van der Waals surface area contributed by atoms with Crippen LogP contribution in [0, 0.1) is 6.92 Å². The van der Waals surface area contributed by atoms with Crippen molar-refractivity contribution >= 4 is 10.9 Å². The van der Waals surface area contributed by atoms with Crippen molar-refractivity contribution in [3.8, 4) is 0 Å². The monoisotopic (exact) mass is 201 g/mol. The third-order valence-corrected chi connectivity index (χ3v) is 2.62. The van der Waals surface area contributed by atoms with Crippen LogP contribution in [0.5, 0.6) is 0 Å². The molecule has 1 N–H and O–H groups in total. The highest BCUT2D eigenvalue weighted by Crippen LogP contribution is 2.23. The zero-order valence-corrected chi connectivity index (χ0v) is 9.12. The minimum atomic E-state index is 0.212. The molecule has 0 unspecified atom stereocenters. The van der Waals surface area contributed by atoms with Gasteiger partial charge in [0, 0.05) is 30.6 Å². The standard InChI is InChI=1S/C13H15NO/c1-9-4-5-13-12(6-9)11(7-10(2)15)8-14(13)3/h4-6,8,15H,2,7H2,1,3H3. The van der Waals surface area contributed by atoms with E-state index in [9.17, 15) is 5.11 Å². The highest BCUT2D eigenvalue weighted by atomic mass is 16.3. The quantitative estimate of drug-likeness (QED) is 0.742. The van der Waals surface area contributed by atoms with Crippen LogP contribution in [0.3, 0.4) is 0 Å². The van der Waals surface area contributed by atoms with Crippen LogP contribution in [-0.4, -0.2) is 9.67 Å². The van der Waals surface area contributed by atoms with Gasteiger partial charge in [0.2, 0.25) is 0 Å². The molecular weight excluding hydrogens is 186 g/mol. The molecule has 2 nitrogen and oxygen atoms in total. The van der Waals surface area contributed by atoms with Crippen LogP contribution in [0.25, 0.3) is 10.9 Å². The van der Waals surface area contributed by atoms with Gasteiger partial charge in [-0.05, 0) is 24.6 Å². The van der Waals surface area contributed by atoms with E-state index in [1.165, 1.54) is 16.5 Å². The van der Waals surface area contributed by atoms with Crippen LogP contribution in [0.15, 0.2) is 36.7 Å². The second-order valence-corrected chi connectivity index (χ2v) is 4.03. The van der Waals surface area contributed by atoms with Crippen LogP contribution >= 0.6 is 0 Å². The lowest BCUT2D eigenvalue weighted by atomic mass is 10.1. The summed E-state index contributed by atoms with van der Waals surface area (Å²) in [5.41, 5.74) is 3.55. The minimum absolute atomic E-state index is 0.212. The highest BCUT2D eigenvalue weighted by Gasteiger charge is 2.07. The van der Waals surface area contributed by atoms with Gasteiger partial charge in [0.1, 0.15) is 0 Å². The molecule has 0 spiro atoms. The van der Waals surface area contributed by atoms with E-state index in [1.807, 2.05) is 13.2 Å². The average molecular weight is 201 g/mol. The van der Waals surface area contributed by atoms with Gasteiger partial charge in [0.05, 0.1) is 5.76 Å². The minimum Gasteiger partial charge on any atom is -0.513 e. The lowest BCUT2D eigenvalue weighted by Crippen LogP contribution is -1.86. The maximum atomic E-state index is 9.24. The van der Waals surface area contributed by atoms with E-state index in [0.717, 1.165) is 5.56 Å². The Morgan fingerprint density at radius 2 is 2.20 bits per heavy atom. The van der Waals surface area contributed by atoms with E-state index in [-0.39, 0.29) is 5.76 Å². The van der Waals surface area contributed by atoms with Crippen LogP contribution < -0.4 is 0 Å². The van der Waals surface area contributed by atoms with E-state index in [2.05, 4.69) is 36.3 Å². The molecule has 1 heterocycles. The Balaban J connectivity index is 2.64. The van der Waals surface area contributed by atoms with Gasteiger partial charge in [-0.2, -0.15) is 0 Å². The molecule has 15 heavy (non-hydrogen) atoms. The molecule has 1 aromatic carbocycles. The molecule has 2 heteroatoms. The zero-order valence-electron chi connectivity index (χ0n) is 9.12. The van der Waals surface area contributed by atoms with Crippen molar-refractivity contribution in [2.75, 3.05) is 0 Å². The van der Waals surface area contributed by atoms with E-state index in [4.69, 9.17) is 0 Å². The van der Waals surface area contributed by atoms with E-state index in [1.54, 1.807) is 0 Å². The van der Waals surface area contributed by atoms with E-state index < -0.39 is 0 Å². The van der Waals surface area contributed by atoms with Crippen LogP contribution in [0.4, 0.5) is 0 Å². The molecule has 0 radical (unpaired) electrons. The first-order chi connectivity index (χ1) is 7.08. The first kappa shape index (κ1) is 9.84. The lowest BCUT2D eigenvalue weighted by molar-refractivity contribution is 0.402. The topological polar surface area (TPSA) is 25.2 Å². The summed E-state index contributed by atoms with van der Waals surface area (Å²) >= 11 is 0. The van der Waals surface area contributed by atoms with Gasteiger partial charge in [-0.15, -0.1) is 0 Å². The Morgan fingerprint density at radius 3 is 2.87 bits per heavy atom. The Labute approximate surface area is 89.5 Å². The Bertz CT molecular complexity index is 523. The first-order valence-electron chi connectivity index (χ1n) is 4.99. The van der Waals surface area contributed by atoms with Crippen molar-refractivity contribution in [3.05, 3.63) is 47.9 Å². The summed E-state index contributed by atoms with van der Waals surface area (Å²) in [5.74, 6) is 0.212. The summed E-state index contributed by atoms with van der Waals surface area (Å²) in [5, 5.41) is 10.4. The predicted octanol–water partition coefficient (Wildman–Crippen LogP) is 3.10. The van der Waals surface area contributed by atoms with Gasteiger partial charge in [0.25, 0.3) is 0 Å². The fourth-order valence-corrected chi connectivity index (χ4v) is 1.95. The van der Waals surface area contributed by atoms with Gasteiger partial charge in [-0.3, -0.25) is 0 Å². The lowest BCUT2D eigenvalue weighted by Gasteiger charge is -1.98. The van der Waals surface area contributed by atoms with E-state index in [0.29, 0.717) is 6.42 Å². The third-order valence-electron chi connectivity index (χ3n) is 2.62. The normalized spacial score (nSPS) is 10.8. The van der Waals surface area contributed by atoms with Gasteiger partial charge in [0.15, 0.2) is 0 Å². The average Bonchev–Trinajstić information content (AvgIpc) is 2.42. The van der Waals surface area contributed by atoms with Gasteiger partial charge in [-0.1, -0.05) is 18.2 Å². The summed E-state index contributed by atoms with van der Waals surface area (Å²) in [6.07, 6.45) is 2.58. The van der Waals surface area contributed by atoms with Gasteiger partial charge < -0.3 is 9.67 Å². The summed E-state index contributed by atoms with van der Waals surface area (Å²) in [6.45, 7) is 5.61. The number of aliphatic hydroxyl groups is 1. The van der Waals surface area contributed by atoms with Crippen molar-refractivity contribution in [1.82, 2.24) is 4.57 Å². The summed E-state index contributed by atoms with van der Waals surface area (Å²) in [4.78, 5) is 0. The van der Waals surface area contributed by atoms with Crippen molar-refractivity contribution in [3.63, 3.8) is 0 Å². The number of hydrogen-bond donors (Lipinski definition) is 1. The molecule has 2 rings (SSSR count). The number of aromatic nitrogens is 1. The fraction of sp³-hybridized carbons (Fsp3) is 0.231. The number of fused-ring (bicyclic) bond motifs is 1. The van der Waals surface area contributed by atoms with Crippen LogP contribution in [-0.2, 0) is 13.5 Å². The molecule has 78 valence electrons. The number of hydrogen-bond acceptors (Lipinski definition) is 1. The molecule has 0 saturated carbocycles. The molecule has 0 fully saturated rings. The van der Waals surface area contributed by atoms with Crippen molar-refractivity contribution in [2.24, 2.45) is 7.05 Å². The molecular formula is C13H15NO. The van der Waals surface area contributed by atoms with Crippen molar-refractivity contribution < 1.29 is 5.11 Å². The van der Waals surface area contributed by atoms with Crippen LogP contribution in [0.1, 0.15) is 11.1 Å². The predicted molar refractivity (Wildman–Crippen MR) is 63.1 cm³/mol.